The number of anilines is 1. The van der Waals surface area contributed by atoms with Crippen molar-refractivity contribution >= 4 is 57.6 Å². The van der Waals surface area contributed by atoms with Crippen molar-refractivity contribution in [3.8, 4) is 11.3 Å². The molecule has 0 N–H and O–H groups in total. The fourth-order valence-electron chi connectivity index (χ4n) is 2.93. The zero-order valence-electron chi connectivity index (χ0n) is 15.0. The predicted octanol–water partition coefficient (Wildman–Crippen LogP) is 6.57. The quantitative estimate of drug-likeness (QED) is 0.349. The van der Waals surface area contributed by atoms with E-state index in [2.05, 4.69) is 6.92 Å². The summed E-state index contributed by atoms with van der Waals surface area (Å²) in [6.07, 6.45) is 2.68. The summed E-state index contributed by atoms with van der Waals surface area (Å²) in [5.41, 5.74) is 2.88. The number of rotatable bonds is 4. The Labute approximate surface area is 178 Å². The highest BCUT2D eigenvalue weighted by molar-refractivity contribution is 8.27. The van der Waals surface area contributed by atoms with Crippen molar-refractivity contribution in [2.75, 3.05) is 4.90 Å². The Balaban J connectivity index is 1.59. The molecule has 0 radical (unpaired) electrons. The molecule has 0 aliphatic carbocycles. The molecule has 1 fully saturated rings. The standard InChI is InChI=1S/C22H16ClNO2S2/c1-2-14-6-8-17(9-7-14)24-21(25)20(28-22(24)27)13-18-10-11-19(26-18)15-4-3-5-16(23)12-15/h3-13H,2H2,1H3. The van der Waals surface area contributed by atoms with Crippen LogP contribution in [0.25, 0.3) is 17.4 Å². The number of amides is 1. The van der Waals surface area contributed by atoms with Crippen molar-refractivity contribution in [2.45, 2.75) is 13.3 Å². The van der Waals surface area contributed by atoms with E-state index < -0.39 is 0 Å². The van der Waals surface area contributed by atoms with Crippen LogP contribution in [0.4, 0.5) is 5.69 Å². The lowest BCUT2D eigenvalue weighted by Gasteiger charge is -2.14. The summed E-state index contributed by atoms with van der Waals surface area (Å²) in [6.45, 7) is 2.10. The van der Waals surface area contributed by atoms with E-state index in [1.807, 2.05) is 60.7 Å². The number of hydrogen-bond donors (Lipinski definition) is 0. The minimum Gasteiger partial charge on any atom is -0.457 e. The highest BCUT2D eigenvalue weighted by Crippen LogP contribution is 2.36. The lowest BCUT2D eigenvalue weighted by atomic mass is 10.1. The van der Waals surface area contributed by atoms with E-state index in [0.29, 0.717) is 25.8 Å². The van der Waals surface area contributed by atoms with Crippen LogP contribution in [0.3, 0.4) is 0 Å². The molecular formula is C22H16ClNO2S2. The number of thiocarbonyl (C=S) groups is 1. The van der Waals surface area contributed by atoms with E-state index in [4.69, 9.17) is 28.2 Å². The second-order valence-electron chi connectivity index (χ2n) is 6.25. The molecule has 3 nitrogen and oxygen atoms in total. The zero-order valence-corrected chi connectivity index (χ0v) is 17.4. The van der Waals surface area contributed by atoms with Crippen LogP contribution in [0.2, 0.25) is 5.02 Å². The van der Waals surface area contributed by atoms with Crippen molar-refractivity contribution in [2.24, 2.45) is 0 Å². The summed E-state index contributed by atoms with van der Waals surface area (Å²) < 4.78 is 6.39. The van der Waals surface area contributed by atoms with Crippen molar-refractivity contribution < 1.29 is 9.21 Å². The maximum absolute atomic E-state index is 12.9. The van der Waals surface area contributed by atoms with Gasteiger partial charge in [0, 0.05) is 16.7 Å². The number of thioether (sulfide) groups is 1. The minimum atomic E-state index is -0.139. The Morgan fingerprint density at radius 3 is 2.64 bits per heavy atom. The number of furan rings is 1. The number of hydrogen-bond acceptors (Lipinski definition) is 4. The van der Waals surface area contributed by atoms with Gasteiger partial charge in [0.1, 0.15) is 11.5 Å². The maximum atomic E-state index is 12.9. The summed E-state index contributed by atoms with van der Waals surface area (Å²) in [5.74, 6) is 1.15. The molecular weight excluding hydrogens is 410 g/mol. The van der Waals surface area contributed by atoms with E-state index in [9.17, 15) is 4.79 Å². The van der Waals surface area contributed by atoms with Crippen LogP contribution in [0, 0.1) is 0 Å². The van der Waals surface area contributed by atoms with Crippen molar-refractivity contribution in [3.05, 3.63) is 81.9 Å². The third-order valence-corrected chi connectivity index (χ3v) is 5.94. The molecule has 1 amide bonds. The summed E-state index contributed by atoms with van der Waals surface area (Å²) in [5, 5.41) is 0.644. The van der Waals surface area contributed by atoms with Gasteiger partial charge in [0.15, 0.2) is 4.32 Å². The first-order valence-corrected chi connectivity index (χ1v) is 10.4. The molecule has 0 saturated carbocycles. The van der Waals surface area contributed by atoms with Crippen molar-refractivity contribution in [1.82, 2.24) is 0 Å². The van der Waals surface area contributed by atoms with Gasteiger partial charge in [-0.05, 0) is 48.4 Å². The number of aryl methyl sites for hydroxylation is 1. The average Bonchev–Trinajstić information content (AvgIpc) is 3.27. The number of carbonyl (C=O) groups excluding carboxylic acids is 1. The first-order valence-electron chi connectivity index (χ1n) is 8.78. The van der Waals surface area contributed by atoms with Crippen LogP contribution < -0.4 is 4.90 Å². The van der Waals surface area contributed by atoms with Gasteiger partial charge in [-0.25, -0.2) is 0 Å². The highest BCUT2D eigenvalue weighted by Gasteiger charge is 2.33. The van der Waals surface area contributed by atoms with Gasteiger partial charge in [-0.2, -0.15) is 0 Å². The molecule has 1 aliphatic rings. The van der Waals surface area contributed by atoms with Gasteiger partial charge in [-0.3, -0.25) is 9.69 Å². The monoisotopic (exact) mass is 425 g/mol. The summed E-state index contributed by atoms with van der Waals surface area (Å²) in [4.78, 5) is 15.0. The topological polar surface area (TPSA) is 33.5 Å². The van der Waals surface area contributed by atoms with Gasteiger partial charge in [0.05, 0.1) is 10.6 Å². The SMILES string of the molecule is CCc1ccc(N2C(=O)C(=Cc3ccc(-c4cccc(Cl)c4)o3)SC2=S)cc1. The number of nitrogens with zero attached hydrogens (tertiary/aromatic N) is 1. The Hall–Kier alpha value is -2.34. The zero-order chi connectivity index (χ0) is 19.7. The van der Waals surface area contributed by atoms with Gasteiger partial charge in [0.25, 0.3) is 5.91 Å². The van der Waals surface area contributed by atoms with Gasteiger partial charge >= 0.3 is 0 Å². The van der Waals surface area contributed by atoms with Crippen LogP contribution in [0.5, 0.6) is 0 Å². The fraction of sp³-hybridized carbons (Fsp3) is 0.0909. The molecule has 4 rings (SSSR count). The molecule has 1 aromatic heterocycles. The molecule has 0 bridgehead atoms. The van der Waals surface area contributed by atoms with E-state index in [1.54, 1.807) is 11.0 Å². The predicted molar refractivity (Wildman–Crippen MR) is 121 cm³/mol. The van der Waals surface area contributed by atoms with E-state index in [1.165, 1.54) is 17.3 Å². The van der Waals surface area contributed by atoms with E-state index >= 15 is 0 Å². The first-order chi connectivity index (χ1) is 13.5. The Kier molecular flexibility index (Phi) is 5.40. The molecule has 140 valence electrons. The summed E-state index contributed by atoms with van der Waals surface area (Å²) in [6, 6.07) is 19.0. The molecule has 0 atom stereocenters. The Morgan fingerprint density at radius 1 is 1.14 bits per heavy atom. The van der Waals surface area contributed by atoms with Crippen molar-refractivity contribution in [1.29, 1.82) is 0 Å². The Bertz CT molecular complexity index is 1090. The molecule has 2 aromatic carbocycles. The number of benzene rings is 2. The molecule has 3 aromatic rings. The Morgan fingerprint density at radius 2 is 1.93 bits per heavy atom. The lowest BCUT2D eigenvalue weighted by molar-refractivity contribution is -0.113. The van der Waals surface area contributed by atoms with E-state index in [0.717, 1.165) is 17.7 Å². The maximum Gasteiger partial charge on any atom is 0.270 e. The normalized spacial score (nSPS) is 15.6. The largest absolute Gasteiger partial charge is 0.457 e. The molecule has 1 saturated heterocycles. The van der Waals surface area contributed by atoms with Crippen LogP contribution in [0.1, 0.15) is 18.2 Å². The van der Waals surface area contributed by atoms with Crippen LogP contribution in [0.15, 0.2) is 70.0 Å². The molecule has 0 spiro atoms. The van der Waals surface area contributed by atoms with Crippen molar-refractivity contribution in [3.63, 3.8) is 0 Å². The minimum absolute atomic E-state index is 0.139. The van der Waals surface area contributed by atoms with Gasteiger partial charge < -0.3 is 4.42 Å². The molecule has 6 heteroatoms. The molecule has 0 unspecified atom stereocenters. The number of halogens is 1. The van der Waals surface area contributed by atoms with Gasteiger partial charge in [0.2, 0.25) is 0 Å². The molecule has 2 heterocycles. The van der Waals surface area contributed by atoms with Gasteiger partial charge in [-0.15, -0.1) is 0 Å². The summed E-state index contributed by atoms with van der Waals surface area (Å²) in [7, 11) is 0. The second kappa shape index (κ2) is 7.95. The summed E-state index contributed by atoms with van der Waals surface area (Å²) >= 11 is 12.8. The third kappa shape index (κ3) is 3.78. The smallest absolute Gasteiger partial charge is 0.270 e. The highest BCUT2D eigenvalue weighted by atomic mass is 35.5. The van der Waals surface area contributed by atoms with Crippen LogP contribution in [-0.4, -0.2) is 10.2 Å². The first kappa shape index (κ1) is 19.0. The van der Waals surface area contributed by atoms with Gasteiger partial charge in [-0.1, -0.05) is 66.8 Å². The second-order valence-corrected chi connectivity index (χ2v) is 8.36. The molecule has 28 heavy (non-hydrogen) atoms. The van der Waals surface area contributed by atoms with Crippen LogP contribution >= 0.6 is 35.6 Å². The lowest BCUT2D eigenvalue weighted by Crippen LogP contribution is -2.27. The molecule has 1 aliphatic heterocycles. The number of carbonyl (C=O) groups is 1. The average molecular weight is 426 g/mol. The fourth-order valence-corrected chi connectivity index (χ4v) is 4.40. The van der Waals surface area contributed by atoms with E-state index in [-0.39, 0.29) is 5.91 Å². The van der Waals surface area contributed by atoms with Crippen LogP contribution in [-0.2, 0) is 11.2 Å². The third-order valence-electron chi connectivity index (χ3n) is 4.41.